The summed E-state index contributed by atoms with van der Waals surface area (Å²) in [5.74, 6) is -0.0441. The molecule has 0 aromatic carbocycles. The number of nitrogens with one attached hydrogen (secondary N) is 1. The smallest absolute Gasteiger partial charge is 0.248 e. The Labute approximate surface area is 168 Å². The van der Waals surface area contributed by atoms with Gasteiger partial charge in [-0.1, -0.05) is 19.3 Å². The van der Waals surface area contributed by atoms with E-state index in [-0.39, 0.29) is 18.2 Å². The van der Waals surface area contributed by atoms with Gasteiger partial charge < -0.3 is 10.2 Å². The molecule has 1 fully saturated rings. The minimum atomic E-state index is -0.742. The Hall–Kier alpha value is -1.73. The van der Waals surface area contributed by atoms with E-state index in [1.165, 1.54) is 0 Å². The van der Waals surface area contributed by atoms with Crippen molar-refractivity contribution in [3.63, 3.8) is 0 Å². The average Bonchev–Trinajstić information content (AvgIpc) is 3.35. The van der Waals surface area contributed by atoms with Gasteiger partial charge in [0.1, 0.15) is 10.5 Å². The van der Waals surface area contributed by atoms with Gasteiger partial charge in [0.2, 0.25) is 11.8 Å². The third kappa shape index (κ3) is 4.58. The second kappa shape index (κ2) is 8.97. The monoisotopic (exact) mass is 405 g/mol. The summed E-state index contributed by atoms with van der Waals surface area (Å²) in [6.07, 6.45) is 4.75. The number of carbonyl (C=O) groups is 2. The number of likely N-dealkylation sites (N-methyl/N-ethyl adjacent to an activating group) is 1. The number of amides is 2. The maximum Gasteiger partial charge on any atom is 0.248 e. The Morgan fingerprint density at radius 1 is 1.19 bits per heavy atom. The van der Waals surface area contributed by atoms with Crippen LogP contribution in [0.1, 0.15) is 51.6 Å². The fraction of sp³-hybridized carbons (Fsp3) is 0.550. The first-order valence-corrected chi connectivity index (χ1v) is 11.5. The molecule has 146 valence electrons. The summed E-state index contributed by atoms with van der Waals surface area (Å²) in [5, 5.41) is 10.1. The first-order valence-electron chi connectivity index (χ1n) is 9.65. The van der Waals surface area contributed by atoms with Crippen molar-refractivity contribution in [3.8, 4) is 10.6 Å². The molecule has 0 atom stereocenters. The first kappa shape index (κ1) is 20.0. The van der Waals surface area contributed by atoms with Crippen molar-refractivity contribution >= 4 is 34.5 Å². The van der Waals surface area contributed by atoms with Crippen LogP contribution in [0, 0.1) is 0 Å². The SMILES string of the molecule is CCN(CC)C(=O)C1(NC(=O)Cc2csc(-c3ccsc3)n2)CCCCC1. The molecule has 1 N–H and O–H groups in total. The number of aromatic nitrogens is 1. The van der Waals surface area contributed by atoms with E-state index < -0.39 is 5.54 Å². The number of carbonyl (C=O) groups excluding carboxylic acids is 2. The molecule has 1 saturated carbocycles. The predicted molar refractivity (Wildman–Crippen MR) is 111 cm³/mol. The van der Waals surface area contributed by atoms with Crippen LogP contribution >= 0.6 is 22.7 Å². The van der Waals surface area contributed by atoms with Crippen molar-refractivity contribution in [2.75, 3.05) is 13.1 Å². The normalized spacial score (nSPS) is 16.1. The van der Waals surface area contributed by atoms with E-state index in [4.69, 9.17) is 0 Å². The van der Waals surface area contributed by atoms with Gasteiger partial charge in [-0.15, -0.1) is 11.3 Å². The third-order valence-corrected chi connectivity index (χ3v) is 6.83. The maximum absolute atomic E-state index is 13.1. The van der Waals surface area contributed by atoms with E-state index in [0.29, 0.717) is 13.1 Å². The third-order valence-electron chi connectivity index (χ3n) is 5.21. The van der Waals surface area contributed by atoms with Crippen LogP contribution in [0.2, 0.25) is 0 Å². The second-order valence-electron chi connectivity index (χ2n) is 7.00. The van der Waals surface area contributed by atoms with E-state index in [1.807, 2.05) is 35.6 Å². The van der Waals surface area contributed by atoms with Gasteiger partial charge in [0.05, 0.1) is 12.1 Å². The van der Waals surface area contributed by atoms with Gasteiger partial charge in [-0.25, -0.2) is 4.98 Å². The van der Waals surface area contributed by atoms with E-state index in [0.717, 1.165) is 48.4 Å². The van der Waals surface area contributed by atoms with E-state index >= 15 is 0 Å². The van der Waals surface area contributed by atoms with Crippen LogP contribution in [-0.2, 0) is 16.0 Å². The Kier molecular flexibility index (Phi) is 6.65. The summed E-state index contributed by atoms with van der Waals surface area (Å²) in [4.78, 5) is 32.3. The molecule has 3 rings (SSSR count). The lowest BCUT2D eigenvalue weighted by molar-refractivity contribution is -0.143. The summed E-state index contributed by atoms with van der Waals surface area (Å²) in [5.41, 5.74) is 1.12. The van der Waals surface area contributed by atoms with Gasteiger partial charge in [-0.05, 0) is 38.1 Å². The highest BCUT2D eigenvalue weighted by Gasteiger charge is 2.42. The van der Waals surface area contributed by atoms with Crippen molar-refractivity contribution in [1.29, 1.82) is 0 Å². The number of rotatable bonds is 7. The van der Waals surface area contributed by atoms with Gasteiger partial charge in [-0.2, -0.15) is 11.3 Å². The van der Waals surface area contributed by atoms with E-state index in [9.17, 15) is 9.59 Å². The fourth-order valence-corrected chi connectivity index (χ4v) is 5.28. The molecule has 0 aliphatic heterocycles. The van der Waals surface area contributed by atoms with Crippen molar-refractivity contribution in [2.24, 2.45) is 0 Å². The Morgan fingerprint density at radius 3 is 2.56 bits per heavy atom. The molecule has 2 aromatic rings. The molecule has 0 unspecified atom stereocenters. The molecule has 0 saturated heterocycles. The zero-order valence-corrected chi connectivity index (χ0v) is 17.6. The second-order valence-corrected chi connectivity index (χ2v) is 8.64. The predicted octanol–water partition coefficient (Wildman–Crippen LogP) is 4.10. The van der Waals surface area contributed by atoms with E-state index in [2.05, 4.69) is 15.7 Å². The highest BCUT2D eigenvalue weighted by Crippen LogP contribution is 2.31. The lowest BCUT2D eigenvalue weighted by atomic mass is 9.80. The van der Waals surface area contributed by atoms with Crippen molar-refractivity contribution < 1.29 is 9.59 Å². The van der Waals surface area contributed by atoms with Crippen LogP contribution in [0.25, 0.3) is 10.6 Å². The molecule has 1 aliphatic carbocycles. The topological polar surface area (TPSA) is 62.3 Å². The van der Waals surface area contributed by atoms with Gasteiger partial charge in [-0.3, -0.25) is 9.59 Å². The molecular formula is C20H27N3O2S2. The Balaban J connectivity index is 1.70. The molecule has 0 radical (unpaired) electrons. The number of nitrogens with zero attached hydrogens (tertiary/aromatic N) is 2. The molecule has 2 aromatic heterocycles. The lowest BCUT2D eigenvalue weighted by Gasteiger charge is -2.40. The molecule has 7 heteroatoms. The van der Waals surface area contributed by atoms with Gasteiger partial charge in [0.25, 0.3) is 0 Å². The van der Waals surface area contributed by atoms with Crippen LogP contribution in [0.4, 0.5) is 0 Å². The fourth-order valence-electron chi connectivity index (χ4n) is 3.74. The Bertz CT molecular complexity index is 760. The molecule has 0 bridgehead atoms. The standard InChI is InChI=1S/C20H27N3O2S2/c1-3-23(4-2)19(25)20(9-6-5-7-10-20)22-17(24)12-16-14-27-18(21-16)15-8-11-26-13-15/h8,11,13-14H,3-7,9-10,12H2,1-2H3,(H,22,24). The van der Waals surface area contributed by atoms with Gasteiger partial charge in [0.15, 0.2) is 0 Å². The average molecular weight is 406 g/mol. The summed E-state index contributed by atoms with van der Waals surface area (Å²) in [6.45, 7) is 5.31. The van der Waals surface area contributed by atoms with Gasteiger partial charge >= 0.3 is 0 Å². The molecule has 1 aliphatic rings. The molecule has 27 heavy (non-hydrogen) atoms. The highest BCUT2D eigenvalue weighted by atomic mass is 32.1. The minimum Gasteiger partial charge on any atom is -0.341 e. The molecule has 5 nitrogen and oxygen atoms in total. The largest absolute Gasteiger partial charge is 0.341 e. The quantitative estimate of drug-likeness (QED) is 0.754. The van der Waals surface area contributed by atoms with Crippen LogP contribution in [-0.4, -0.2) is 40.3 Å². The lowest BCUT2D eigenvalue weighted by Crippen LogP contribution is -2.60. The highest BCUT2D eigenvalue weighted by molar-refractivity contribution is 7.14. The summed E-state index contributed by atoms with van der Waals surface area (Å²) >= 11 is 3.19. The molecule has 2 amide bonds. The summed E-state index contributed by atoms with van der Waals surface area (Å²) in [6, 6.07) is 2.03. The summed E-state index contributed by atoms with van der Waals surface area (Å²) in [7, 11) is 0. The van der Waals surface area contributed by atoms with Crippen LogP contribution in [0.5, 0.6) is 0 Å². The number of hydrogen-bond donors (Lipinski definition) is 1. The van der Waals surface area contributed by atoms with Crippen LogP contribution in [0.15, 0.2) is 22.2 Å². The minimum absolute atomic E-state index is 0.0674. The number of hydrogen-bond acceptors (Lipinski definition) is 5. The zero-order valence-electron chi connectivity index (χ0n) is 16.0. The summed E-state index contributed by atoms with van der Waals surface area (Å²) < 4.78 is 0. The maximum atomic E-state index is 13.1. The Morgan fingerprint density at radius 2 is 1.93 bits per heavy atom. The van der Waals surface area contributed by atoms with E-state index in [1.54, 1.807) is 22.7 Å². The number of thiophene rings is 1. The zero-order chi connectivity index (χ0) is 19.3. The van der Waals surface area contributed by atoms with Gasteiger partial charge in [0, 0.05) is 29.4 Å². The molecule has 2 heterocycles. The van der Waals surface area contributed by atoms with Crippen molar-refractivity contribution in [3.05, 3.63) is 27.9 Å². The number of thiazole rings is 1. The first-order chi connectivity index (χ1) is 13.1. The van der Waals surface area contributed by atoms with Crippen LogP contribution in [0.3, 0.4) is 0 Å². The van der Waals surface area contributed by atoms with Crippen molar-refractivity contribution in [2.45, 2.75) is 57.9 Å². The van der Waals surface area contributed by atoms with Crippen LogP contribution < -0.4 is 5.32 Å². The van der Waals surface area contributed by atoms with Crippen molar-refractivity contribution in [1.82, 2.24) is 15.2 Å². The molecule has 0 spiro atoms. The molecular weight excluding hydrogens is 378 g/mol.